The smallest absolute Gasteiger partial charge is 0.133 e. The van der Waals surface area contributed by atoms with E-state index in [1.807, 2.05) is 0 Å². The second-order valence-electron chi connectivity index (χ2n) is 4.84. The number of carbonyl (C=O) groups is 1. The fourth-order valence-electron chi connectivity index (χ4n) is 2.41. The van der Waals surface area contributed by atoms with Gasteiger partial charge in [-0.05, 0) is 18.9 Å². The molecule has 1 atom stereocenters. The van der Waals surface area contributed by atoms with Crippen LogP contribution >= 0.6 is 0 Å². The van der Waals surface area contributed by atoms with Crippen LogP contribution in [0.15, 0.2) is 0 Å². The second kappa shape index (κ2) is 6.23. The Hall–Kier alpha value is -0.410. The molecule has 1 aliphatic heterocycles. The molecular formula is C12H24N2O. The zero-order chi connectivity index (χ0) is 11.3. The molecule has 1 unspecified atom stereocenters. The van der Waals surface area contributed by atoms with Crippen LogP contribution < -0.4 is 0 Å². The van der Waals surface area contributed by atoms with Crippen molar-refractivity contribution in [3.05, 3.63) is 0 Å². The first-order chi connectivity index (χ1) is 7.17. The van der Waals surface area contributed by atoms with Gasteiger partial charge < -0.3 is 4.79 Å². The normalized spacial score (nSPS) is 24.7. The molecule has 1 fully saturated rings. The number of carbonyl (C=O) groups excluding carboxylic acids is 1. The van der Waals surface area contributed by atoms with Crippen molar-refractivity contribution in [2.45, 2.75) is 33.2 Å². The highest BCUT2D eigenvalue weighted by Gasteiger charge is 2.25. The Bertz CT molecular complexity index is 194. The molecular weight excluding hydrogens is 188 g/mol. The van der Waals surface area contributed by atoms with Crippen molar-refractivity contribution in [3.63, 3.8) is 0 Å². The standard InChI is InChI=1S/C12H24N2O/c1-4-14-6-5-13(7-8-15)10-12(14)9-11(2)3/h8,11-12H,4-7,9-10H2,1-3H3. The fourth-order valence-corrected chi connectivity index (χ4v) is 2.41. The van der Waals surface area contributed by atoms with Crippen LogP contribution in [-0.4, -0.2) is 54.9 Å². The van der Waals surface area contributed by atoms with E-state index in [9.17, 15) is 4.79 Å². The Morgan fingerprint density at radius 2 is 2.13 bits per heavy atom. The fraction of sp³-hybridized carbons (Fsp3) is 0.917. The molecule has 0 bridgehead atoms. The molecule has 0 aromatic carbocycles. The quantitative estimate of drug-likeness (QED) is 0.641. The van der Waals surface area contributed by atoms with Gasteiger partial charge >= 0.3 is 0 Å². The van der Waals surface area contributed by atoms with Crippen LogP contribution in [-0.2, 0) is 4.79 Å². The van der Waals surface area contributed by atoms with Crippen LogP contribution in [0.1, 0.15) is 27.2 Å². The van der Waals surface area contributed by atoms with Crippen LogP contribution in [0, 0.1) is 5.92 Å². The molecule has 1 saturated heterocycles. The summed E-state index contributed by atoms with van der Waals surface area (Å²) in [5, 5.41) is 0. The van der Waals surface area contributed by atoms with Gasteiger partial charge in [0.25, 0.3) is 0 Å². The van der Waals surface area contributed by atoms with E-state index in [-0.39, 0.29) is 0 Å². The third-order valence-corrected chi connectivity index (χ3v) is 3.17. The molecule has 0 aliphatic carbocycles. The van der Waals surface area contributed by atoms with Gasteiger partial charge in [-0.25, -0.2) is 0 Å². The van der Waals surface area contributed by atoms with E-state index in [1.54, 1.807) is 0 Å². The van der Waals surface area contributed by atoms with Gasteiger partial charge in [0.2, 0.25) is 0 Å². The molecule has 88 valence electrons. The molecule has 1 rings (SSSR count). The van der Waals surface area contributed by atoms with Crippen molar-refractivity contribution in [1.29, 1.82) is 0 Å². The van der Waals surface area contributed by atoms with Crippen LogP contribution in [0.5, 0.6) is 0 Å². The Balaban J connectivity index is 2.48. The Labute approximate surface area is 93.4 Å². The first-order valence-corrected chi connectivity index (χ1v) is 6.07. The van der Waals surface area contributed by atoms with Gasteiger partial charge in [-0.2, -0.15) is 0 Å². The summed E-state index contributed by atoms with van der Waals surface area (Å²) in [7, 11) is 0. The van der Waals surface area contributed by atoms with Gasteiger partial charge in [0.15, 0.2) is 0 Å². The summed E-state index contributed by atoms with van der Waals surface area (Å²) in [6.07, 6.45) is 2.26. The zero-order valence-electron chi connectivity index (χ0n) is 10.3. The summed E-state index contributed by atoms with van der Waals surface area (Å²) in [4.78, 5) is 15.3. The van der Waals surface area contributed by atoms with Crippen LogP contribution in [0.2, 0.25) is 0 Å². The topological polar surface area (TPSA) is 23.6 Å². The number of likely N-dealkylation sites (N-methyl/N-ethyl adjacent to an activating group) is 1. The maximum atomic E-state index is 10.5. The molecule has 1 heterocycles. The molecule has 0 aromatic rings. The number of piperazine rings is 1. The minimum atomic E-state index is 0.603. The van der Waals surface area contributed by atoms with Gasteiger partial charge in [-0.1, -0.05) is 20.8 Å². The van der Waals surface area contributed by atoms with E-state index in [4.69, 9.17) is 0 Å². The second-order valence-corrected chi connectivity index (χ2v) is 4.84. The van der Waals surface area contributed by atoms with E-state index in [0.717, 1.165) is 38.4 Å². The number of aldehydes is 1. The number of hydrogen-bond donors (Lipinski definition) is 0. The van der Waals surface area contributed by atoms with Gasteiger partial charge in [0, 0.05) is 25.7 Å². The van der Waals surface area contributed by atoms with Crippen LogP contribution in [0.25, 0.3) is 0 Å². The van der Waals surface area contributed by atoms with Crippen molar-refractivity contribution in [3.8, 4) is 0 Å². The first kappa shape index (κ1) is 12.7. The highest BCUT2D eigenvalue weighted by atomic mass is 16.1. The molecule has 0 saturated carbocycles. The molecule has 0 aromatic heterocycles. The van der Waals surface area contributed by atoms with Crippen molar-refractivity contribution in [1.82, 2.24) is 9.80 Å². The third-order valence-electron chi connectivity index (χ3n) is 3.17. The van der Waals surface area contributed by atoms with Crippen LogP contribution in [0.3, 0.4) is 0 Å². The maximum absolute atomic E-state index is 10.5. The SMILES string of the molecule is CCN1CCN(CC=O)CC1CC(C)C. The summed E-state index contributed by atoms with van der Waals surface area (Å²) in [6, 6.07) is 0.642. The lowest BCUT2D eigenvalue weighted by atomic mass is 10.00. The number of rotatable bonds is 5. The molecule has 3 nitrogen and oxygen atoms in total. The summed E-state index contributed by atoms with van der Waals surface area (Å²) in [5.41, 5.74) is 0. The molecule has 0 spiro atoms. The predicted molar refractivity (Wildman–Crippen MR) is 63.0 cm³/mol. The van der Waals surface area contributed by atoms with Gasteiger partial charge in [0.05, 0.1) is 6.54 Å². The monoisotopic (exact) mass is 212 g/mol. The van der Waals surface area contributed by atoms with Crippen molar-refractivity contribution >= 4 is 6.29 Å². The average molecular weight is 212 g/mol. The summed E-state index contributed by atoms with van der Waals surface area (Å²) < 4.78 is 0. The Kier molecular flexibility index (Phi) is 5.26. The lowest BCUT2D eigenvalue weighted by molar-refractivity contribution is -0.109. The van der Waals surface area contributed by atoms with Crippen molar-refractivity contribution in [2.75, 3.05) is 32.7 Å². The zero-order valence-corrected chi connectivity index (χ0v) is 10.3. The van der Waals surface area contributed by atoms with E-state index in [2.05, 4.69) is 30.6 Å². The van der Waals surface area contributed by atoms with E-state index in [0.29, 0.717) is 12.6 Å². The molecule has 0 radical (unpaired) electrons. The Morgan fingerprint density at radius 1 is 1.40 bits per heavy atom. The highest BCUT2D eigenvalue weighted by molar-refractivity contribution is 5.52. The van der Waals surface area contributed by atoms with E-state index < -0.39 is 0 Å². The molecule has 3 heteroatoms. The highest BCUT2D eigenvalue weighted by Crippen LogP contribution is 2.16. The minimum Gasteiger partial charge on any atom is -0.302 e. The molecule has 1 aliphatic rings. The predicted octanol–water partition coefficient (Wildman–Crippen LogP) is 1.24. The summed E-state index contributed by atoms with van der Waals surface area (Å²) in [6.45, 7) is 11.7. The minimum absolute atomic E-state index is 0.603. The molecule has 0 N–H and O–H groups in total. The average Bonchev–Trinajstić information content (AvgIpc) is 2.18. The lowest BCUT2D eigenvalue weighted by Gasteiger charge is -2.41. The molecule has 15 heavy (non-hydrogen) atoms. The number of nitrogens with zero attached hydrogens (tertiary/aromatic N) is 2. The van der Waals surface area contributed by atoms with Gasteiger partial charge in [-0.3, -0.25) is 9.80 Å². The van der Waals surface area contributed by atoms with Crippen LogP contribution in [0.4, 0.5) is 0 Å². The lowest BCUT2D eigenvalue weighted by Crippen LogP contribution is -2.53. The third kappa shape index (κ3) is 3.92. The summed E-state index contributed by atoms with van der Waals surface area (Å²) in [5.74, 6) is 0.736. The van der Waals surface area contributed by atoms with E-state index in [1.165, 1.54) is 6.42 Å². The van der Waals surface area contributed by atoms with Gasteiger partial charge in [0.1, 0.15) is 6.29 Å². The first-order valence-electron chi connectivity index (χ1n) is 6.07. The Morgan fingerprint density at radius 3 is 2.67 bits per heavy atom. The van der Waals surface area contributed by atoms with E-state index >= 15 is 0 Å². The maximum Gasteiger partial charge on any atom is 0.133 e. The largest absolute Gasteiger partial charge is 0.302 e. The molecule has 0 amide bonds. The number of hydrogen-bond acceptors (Lipinski definition) is 3. The van der Waals surface area contributed by atoms with Crippen molar-refractivity contribution < 1.29 is 4.79 Å². The van der Waals surface area contributed by atoms with Gasteiger partial charge in [-0.15, -0.1) is 0 Å². The van der Waals surface area contributed by atoms with Crippen molar-refractivity contribution in [2.24, 2.45) is 5.92 Å². The summed E-state index contributed by atoms with van der Waals surface area (Å²) >= 11 is 0.